The zero-order valence-electron chi connectivity index (χ0n) is 16.1. The molecule has 1 aliphatic heterocycles. The molecule has 0 bridgehead atoms. The minimum absolute atomic E-state index is 0. The molecule has 3 rings (SSSR count). The maximum Gasteiger partial charge on any atom is 0.401 e. The molecular formula is C19H26F3IN4OS. The number of benzene rings is 1. The van der Waals surface area contributed by atoms with Gasteiger partial charge in [0.2, 0.25) is 0 Å². The van der Waals surface area contributed by atoms with Crippen LogP contribution in [0.3, 0.4) is 0 Å². The number of aliphatic hydroxyl groups excluding tert-OH is 1. The molecule has 2 aromatic rings. The fraction of sp³-hybridized carbons (Fsp3) is 0.526. The molecule has 2 unspecified atom stereocenters. The van der Waals surface area contributed by atoms with Crippen molar-refractivity contribution in [1.29, 1.82) is 0 Å². The summed E-state index contributed by atoms with van der Waals surface area (Å²) in [5.41, 5.74) is 0. The summed E-state index contributed by atoms with van der Waals surface area (Å²) in [5.74, 6) is 0.515. The number of rotatable bonds is 6. The van der Waals surface area contributed by atoms with Crippen LogP contribution in [0.25, 0.3) is 10.1 Å². The molecular weight excluding hydrogens is 516 g/mol. The molecule has 0 saturated carbocycles. The van der Waals surface area contributed by atoms with Crippen LogP contribution in [0.15, 0.2) is 35.3 Å². The maximum atomic E-state index is 12.5. The van der Waals surface area contributed by atoms with Gasteiger partial charge in [0, 0.05) is 35.3 Å². The van der Waals surface area contributed by atoms with Gasteiger partial charge in [-0.3, -0.25) is 9.89 Å². The average Bonchev–Trinajstić information content (AvgIpc) is 3.24. The smallest absolute Gasteiger partial charge is 0.386 e. The van der Waals surface area contributed by atoms with Crippen molar-refractivity contribution in [2.24, 2.45) is 4.99 Å². The zero-order valence-corrected chi connectivity index (χ0v) is 19.2. The van der Waals surface area contributed by atoms with Crippen LogP contribution in [0.2, 0.25) is 0 Å². The number of hydrogen-bond donors (Lipinski definition) is 3. The first-order valence-corrected chi connectivity index (χ1v) is 10.2. The third kappa shape index (κ3) is 7.26. The largest absolute Gasteiger partial charge is 0.401 e. The quantitative estimate of drug-likeness (QED) is 0.296. The highest BCUT2D eigenvalue weighted by Crippen LogP contribution is 2.29. The van der Waals surface area contributed by atoms with Crippen molar-refractivity contribution in [2.75, 3.05) is 32.7 Å². The molecule has 1 aromatic carbocycles. The van der Waals surface area contributed by atoms with Crippen LogP contribution in [0.1, 0.15) is 24.3 Å². The normalized spacial score (nSPS) is 19.2. The van der Waals surface area contributed by atoms with Gasteiger partial charge in [-0.25, -0.2) is 0 Å². The van der Waals surface area contributed by atoms with E-state index in [4.69, 9.17) is 0 Å². The first kappa shape index (κ1) is 24.2. The fourth-order valence-electron chi connectivity index (χ4n) is 3.30. The molecule has 0 aliphatic carbocycles. The second-order valence-electron chi connectivity index (χ2n) is 6.90. The van der Waals surface area contributed by atoms with Crippen molar-refractivity contribution in [1.82, 2.24) is 15.5 Å². The van der Waals surface area contributed by atoms with Gasteiger partial charge in [0.05, 0.1) is 13.1 Å². The number of alkyl halides is 3. The van der Waals surface area contributed by atoms with Gasteiger partial charge in [-0.15, -0.1) is 35.3 Å². The lowest BCUT2D eigenvalue weighted by molar-refractivity contribution is -0.143. The van der Waals surface area contributed by atoms with Crippen molar-refractivity contribution >= 4 is 51.4 Å². The number of hydrogen-bond acceptors (Lipinski definition) is 4. The van der Waals surface area contributed by atoms with Crippen molar-refractivity contribution in [3.63, 3.8) is 0 Å². The zero-order chi connectivity index (χ0) is 20.1. The van der Waals surface area contributed by atoms with Crippen molar-refractivity contribution in [3.8, 4) is 0 Å². The lowest BCUT2D eigenvalue weighted by Crippen LogP contribution is -2.45. The summed E-state index contributed by atoms with van der Waals surface area (Å²) in [5, 5.41) is 17.9. The monoisotopic (exact) mass is 542 g/mol. The highest BCUT2D eigenvalue weighted by Gasteiger charge is 2.34. The Kier molecular flexibility index (Phi) is 8.98. The molecule has 0 radical (unpaired) electrons. The van der Waals surface area contributed by atoms with Gasteiger partial charge < -0.3 is 15.7 Å². The lowest BCUT2D eigenvalue weighted by Gasteiger charge is -2.20. The molecule has 0 amide bonds. The van der Waals surface area contributed by atoms with Crippen molar-refractivity contribution < 1.29 is 18.3 Å². The van der Waals surface area contributed by atoms with E-state index in [1.165, 1.54) is 16.2 Å². The minimum Gasteiger partial charge on any atom is -0.386 e. The third-order valence-electron chi connectivity index (χ3n) is 4.56. The number of nitrogens with zero attached hydrogens (tertiary/aromatic N) is 2. The van der Waals surface area contributed by atoms with Crippen LogP contribution < -0.4 is 10.6 Å². The molecule has 5 nitrogen and oxygen atoms in total. The number of aliphatic imine (C=N–C) groups is 1. The van der Waals surface area contributed by atoms with E-state index in [1.807, 2.05) is 37.3 Å². The van der Waals surface area contributed by atoms with Crippen LogP contribution in [-0.4, -0.2) is 60.9 Å². The molecule has 162 valence electrons. The van der Waals surface area contributed by atoms with E-state index < -0.39 is 18.8 Å². The number of likely N-dealkylation sites (tertiary alicyclic amines) is 1. The second kappa shape index (κ2) is 10.8. The highest BCUT2D eigenvalue weighted by atomic mass is 127. The molecule has 10 heteroatoms. The molecule has 1 fully saturated rings. The van der Waals surface area contributed by atoms with E-state index >= 15 is 0 Å². The SMILES string of the molecule is CCNC(=NCC(O)c1cc2ccccc2s1)NC1CCN(CC(F)(F)F)C1.I. The van der Waals surface area contributed by atoms with Crippen LogP contribution in [0, 0.1) is 0 Å². The average molecular weight is 542 g/mol. The number of nitrogens with one attached hydrogen (secondary N) is 2. The topological polar surface area (TPSA) is 59.9 Å². The predicted molar refractivity (Wildman–Crippen MR) is 122 cm³/mol. The maximum absolute atomic E-state index is 12.5. The van der Waals surface area contributed by atoms with Gasteiger partial charge >= 0.3 is 6.18 Å². The van der Waals surface area contributed by atoms with Gasteiger partial charge in [-0.2, -0.15) is 13.2 Å². The molecule has 3 N–H and O–H groups in total. The van der Waals surface area contributed by atoms with Crippen LogP contribution in [0.4, 0.5) is 13.2 Å². The van der Waals surface area contributed by atoms with Gasteiger partial charge in [-0.1, -0.05) is 18.2 Å². The van der Waals surface area contributed by atoms with Gasteiger partial charge in [-0.05, 0) is 30.9 Å². The molecule has 29 heavy (non-hydrogen) atoms. The summed E-state index contributed by atoms with van der Waals surface area (Å²) in [4.78, 5) is 6.67. The summed E-state index contributed by atoms with van der Waals surface area (Å²) in [6.07, 6.45) is -4.28. The Labute approximate surface area is 189 Å². The van der Waals surface area contributed by atoms with Crippen molar-refractivity contribution in [3.05, 3.63) is 35.2 Å². The summed E-state index contributed by atoms with van der Waals surface area (Å²) in [7, 11) is 0. The molecule has 0 spiro atoms. The minimum atomic E-state index is -4.18. The summed E-state index contributed by atoms with van der Waals surface area (Å²) < 4.78 is 38.7. The molecule has 1 saturated heterocycles. The highest BCUT2D eigenvalue weighted by molar-refractivity contribution is 14.0. The van der Waals surface area contributed by atoms with Gasteiger partial charge in [0.25, 0.3) is 0 Å². The fourth-order valence-corrected chi connectivity index (χ4v) is 4.34. The van der Waals surface area contributed by atoms with E-state index in [0.717, 1.165) is 15.0 Å². The standard InChI is InChI=1S/C19H25F3N4OS.HI/c1-2-23-18(25-14-7-8-26(11-14)12-19(20,21)22)24-10-15(27)17-9-13-5-3-4-6-16(13)28-17;/h3-6,9,14-15,27H,2,7-8,10-12H2,1H3,(H2,23,24,25);1H. The van der Waals surface area contributed by atoms with E-state index in [-0.39, 0.29) is 36.6 Å². The summed E-state index contributed by atoms with van der Waals surface area (Å²) in [6.45, 7) is 2.57. The lowest BCUT2D eigenvalue weighted by atomic mass is 10.2. The Hall–Kier alpha value is -1.11. The predicted octanol–water partition coefficient (Wildman–Crippen LogP) is 3.74. The van der Waals surface area contributed by atoms with E-state index in [9.17, 15) is 18.3 Å². The number of halogens is 4. The number of aliphatic hydroxyl groups is 1. The molecule has 1 aliphatic rings. The van der Waals surface area contributed by atoms with E-state index in [1.54, 1.807) is 0 Å². The molecule has 2 atom stereocenters. The van der Waals surface area contributed by atoms with Crippen LogP contribution >= 0.6 is 35.3 Å². The molecule has 1 aromatic heterocycles. The second-order valence-corrected chi connectivity index (χ2v) is 8.02. The van der Waals surface area contributed by atoms with Gasteiger partial charge in [0.15, 0.2) is 5.96 Å². The van der Waals surface area contributed by atoms with Gasteiger partial charge in [0.1, 0.15) is 6.10 Å². The Balaban J connectivity index is 0.00000300. The van der Waals surface area contributed by atoms with Crippen molar-refractivity contribution in [2.45, 2.75) is 31.7 Å². The Morgan fingerprint density at radius 3 is 2.83 bits per heavy atom. The first-order chi connectivity index (χ1) is 13.3. The van der Waals surface area contributed by atoms with Crippen LogP contribution in [0.5, 0.6) is 0 Å². The Morgan fingerprint density at radius 2 is 2.14 bits per heavy atom. The number of guanidine groups is 1. The Bertz CT molecular complexity index is 781. The third-order valence-corrected chi connectivity index (χ3v) is 5.77. The summed E-state index contributed by atoms with van der Waals surface area (Å²) >= 11 is 1.54. The van der Waals surface area contributed by atoms with Crippen LogP contribution in [-0.2, 0) is 0 Å². The summed E-state index contributed by atoms with van der Waals surface area (Å²) in [6, 6.07) is 9.81. The molecule has 2 heterocycles. The van der Waals surface area contributed by atoms with E-state index in [2.05, 4.69) is 15.6 Å². The Morgan fingerprint density at radius 1 is 1.38 bits per heavy atom. The number of thiophene rings is 1. The van der Waals surface area contributed by atoms with E-state index in [0.29, 0.717) is 32.0 Å². The first-order valence-electron chi connectivity index (χ1n) is 9.34. The number of fused-ring (bicyclic) bond motifs is 1.